The maximum atomic E-state index is 13.2. The fraction of sp³-hybridized carbons (Fsp3) is 0.263. The van der Waals surface area contributed by atoms with Gasteiger partial charge in [-0.25, -0.2) is 8.42 Å². The number of aromatic nitrogens is 1. The van der Waals surface area contributed by atoms with Crippen molar-refractivity contribution in [2.24, 2.45) is 7.05 Å². The van der Waals surface area contributed by atoms with E-state index in [4.69, 9.17) is 14.2 Å². The first-order valence-corrected chi connectivity index (χ1v) is 9.61. The fourth-order valence-corrected chi connectivity index (χ4v) is 4.19. The quantitative estimate of drug-likeness (QED) is 0.647. The minimum Gasteiger partial charge on any atom is -0.493 e. The van der Waals surface area contributed by atoms with Crippen LogP contribution in [0.5, 0.6) is 17.2 Å². The third kappa shape index (κ3) is 3.16. The fourth-order valence-electron chi connectivity index (χ4n) is 2.97. The van der Waals surface area contributed by atoms with Crippen LogP contribution in [0.3, 0.4) is 0 Å². The number of methoxy groups -OCH3 is 3. The van der Waals surface area contributed by atoms with E-state index in [1.165, 1.54) is 44.8 Å². The highest BCUT2D eigenvalue weighted by Crippen LogP contribution is 2.40. The molecule has 8 heteroatoms. The van der Waals surface area contributed by atoms with Crippen molar-refractivity contribution >= 4 is 26.6 Å². The molecule has 0 fully saturated rings. The van der Waals surface area contributed by atoms with E-state index in [1.54, 1.807) is 6.07 Å². The van der Waals surface area contributed by atoms with Crippen molar-refractivity contribution in [2.45, 2.75) is 4.90 Å². The number of hydrogen-bond acceptors (Lipinski definition) is 5. The zero-order valence-electron chi connectivity index (χ0n) is 15.9. The van der Waals surface area contributed by atoms with Crippen molar-refractivity contribution in [1.29, 1.82) is 0 Å². The van der Waals surface area contributed by atoms with E-state index in [1.807, 2.05) is 36.0 Å². The highest BCUT2D eigenvalue weighted by Gasteiger charge is 2.26. The van der Waals surface area contributed by atoms with Gasteiger partial charge in [-0.05, 0) is 24.3 Å². The van der Waals surface area contributed by atoms with E-state index in [0.717, 1.165) is 10.9 Å². The smallest absolute Gasteiger partial charge is 0.264 e. The van der Waals surface area contributed by atoms with Crippen LogP contribution in [-0.2, 0) is 17.1 Å². The molecular formula is C19H22N2O5S. The van der Waals surface area contributed by atoms with Crippen LogP contribution >= 0.6 is 0 Å². The Hall–Kier alpha value is -2.87. The molecule has 0 aliphatic rings. The van der Waals surface area contributed by atoms with Gasteiger partial charge in [0.2, 0.25) is 5.75 Å². The maximum Gasteiger partial charge on any atom is 0.264 e. The van der Waals surface area contributed by atoms with Crippen LogP contribution in [-0.4, -0.2) is 41.4 Å². The molecule has 3 aromatic rings. The van der Waals surface area contributed by atoms with E-state index >= 15 is 0 Å². The first-order valence-electron chi connectivity index (χ1n) is 8.17. The number of fused-ring (bicyclic) bond motifs is 1. The Balaban J connectivity index is 2.09. The average Bonchev–Trinajstić information content (AvgIpc) is 3.06. The van der Waals surface area contributed by atoms with Crippen LogP contribution < -0.4 is 18.5 Å². The molecule has 0 amide bonds. The molecule has 0 bridgehead atoms. The van der Waals surface area contributed by atoms with Gasteiger partial charge >= 0.3 is 0 Å². The Kier molecular flexibility index (Phi) is 4.93. The number of hydrogen-bond donors (Lipinski definition) is 0. The molecule has 144 valence electrons. The summed E-state index contributed by atoms with van der Waals surface area (Å²) < 4.78 is 45.4. The van der Waals surface area contributed by atoms with Crippen LogP contribution in [0.25, 0.3) is 10.9 Å². The molecule has 0 N–H and O–H groups in total. The predicted octanol–water partition coefficient (Wildman–Crippen LogP) is 3.03. The molecule has 7 nitrogen and oxygen atoms in total. The molecule has 0 aliphatic heterocycles. The number of rotatable bonds is 6. The topological polar surface area (TPSA) is 70.0 Å². The Labute approximate surface area is 158 Å². The minimum atomic E-state index is -3.83. The summed E-state index contributed by atoms with van der Waals surface area (Å²) in [4.78, 5) is 0.0488. The summed E-state index contributed by atoms with van der Waals surface area (Å²) in [5.41, 5.74) is 1.58. The average molecular weight is 390 g/mol. The number of ether oxygens (including phenoxy) is 3. The second-order valence-corrected chi connectivity index (χ2v) is 7.97. The predicted molar refractivity (Wildman–Crippen MR) is 105 cm³/mol. The molecule has 0 atom stereocenters. The second-order valence-electron chi connectivity index (χ2n) is 6.00. The molecule has 0 spiro atoms. The molecule has 1 aromatic heterocycles. The summed E-state index contributed by atoms with van der Waals surface area (Å²) in [7, 11) is 3.98. The van der Waals surface area contributed by atoms with Gasteiger partial charge in [-0.15, -0.1) is 0 Å². The van der Waals surface area contributed by atoms with Gasteiger partial charge in [0, 0.05) is 43.3 Å². The van der Waals surface area contributed by atoms with Crippen molar-refractivity contribution in [3.8, 4) is 17.2 Å². The zero-order chi connectivity index (χ0) is 19.8. The maximum absolute atomic E-state index is 13.2. The van der Waals surface area contributed by atoms with Crippen LogP contribution in [0.2, 0.25) is 0 Å². The molecule has 0 saturated heterocycles. The minimum absolute atomic E-state index is 0.0488. The summed E-state index contributed by atoms with van der Waals surface area (Å²) in [5.74, 6) is 0.900. The lowest BCUT2D eigenvalue weighted by molar-refractivity contribution is 0.323. The third-order valence-corrected chi connectivity index (χ3v) is 6.29. The highest BCUT2D eigenvalue weighted by atomic mass is 32.2. The van der Waals surface area contributed by atoms with E-state index in [-0.39, 0.29) is 16.4 Å². The van der Waals surface area contributed by atoms with Gasteiger partial charge in [0.15, 0.2) is 11.5 Å². The standard InChI is InChI=1S/C19H22N2O5S/c1-20-9-8-13-10-14(6-7-16(13)20)21(2)27(22,23)15-11-17(24-3)19(26-5)18(12-15)25-4/h6-12H,1-5H3. The van der Waals surface area contributed by atoms with Crippen LogP contribution in [0.4, 0.5) is 5.69 Å². The monoisotopic (exact) mass is 390 g/mol. The Morgan fingerprint density at radius 2 is 1.56 bits per heavy atom. The second kappa shape index (κ2) is 7.03. The summed E-state index contributed by atoms with van der Waals surface area (Å²) in [6.45, 7) is 0. The normalized spacial score (nSPS) is 11.4. The van der Waals surface area contributed by atoms with Gasteiger partial charge in [0.05, 0.1) is 31.9 Å². The molecule has 3 rings (SSSR count). The lowest BCUT2D eigenvalue weighted by atomic mass is 10.2. The SMILES string of the molecule is COc1cc(S(=O)(=O)N(C)c2ccc3c(ccn3C)c2)cc(OC)c1OC. The number of benzene rings is 2. The number of nitrogens with zero attached hydrogens (tertiary/aromatic N) is 2. The summed E-state index contributed by atoms with van der Waals surface area (Å²) in [6, 6.07) is 10.3. The van der Waals surface area contributed by atoms with E-state index in [9.17, 15) is 8.42 Å². The molecule has 0 saturated carbocycles. The van der Waals surface area contributed by atoms with Crippen LogP contribution in [0.15, 0.2) is 47.5 Å². The highest BCUT2D eigenvalue weighted by molar-refractivity contribution is 7.92. The van der Waals surface area contributed by atoms with Crippen molar-refractivity contribution in [3.63, 3.8) is 0 Å². The first-order chi connectivity index (χ1) is 12.8. The molecule has 0 radical (unpaired) electrons. The molecular weight excluding hydrogens is 368 g/mol. The first kappa shape index (κ1) is 18.9. The van der Waals surface area contributed by atoms with Gasteiger partial charge in [-0.3, -0.25) is 4.31 Å². The lowest BCUT2D eigenvalue weighted by Crippen LogP contribution is -2.26. The van der Waals surface area contributed by atoms with E-state index < -0.39 is 10.0 Å². The Morgan fingerprint density at radius 3 is 2.11 bits per heavy atom. The van der Waals surface area contributed by atoms with Gasteiger partial charge in [0.25, 0.3) is 10.0 Å². The summed E-state index contributed by atoms with van der Waals surface area (Å²) in [5, 5.41) is 0.960. The molecule has 1 heterocycles. The van der Waals surface area contributed by atoms with Gasteiger partial charge < -0.3 is 18.8 Å². The van der Waals surface area contributed by atoms with E-state index in [0.29, 0.717) is 11.4 Å². The molecule has 27 heavy (non-hydrogen) atoms. The van der Waals surface area contributed by atoms with Crippen molar-refractivity contribution in [1.82, 2.24) is 4.57 Å². The van der Waals surface area contributed by atoms with Crippen molar-refractivity contribution in [3.05, 3.63) is 42.6 Å². The lowest BCUT2D eigenvalue weighted by Gasteiger charge is -2.21. The molecule has 2 aromatic carbocycles. The van der Waals surface area contributed by atoms with Crippen LogP contribution in [0.1, 0.15) is 0 Å². The van der Waals surface area contributed by atoms with Crippen molar-refractivity contribution in [2.75, 3.05) is 32.7 Å². The largest absolute Gasteiger partial charge is 0.493 e. The number of anilines is 1. The molecule has 0 unspecified atom stereocenters. The third-order valence-electron chi connectivity index (χ3n) is 4.53. The van der Waals surface area contributed by atoms with E-state index in [2.05, 4.69) is 0 Å². The number of sulfonamides is 1. The molecule has 0 aliphatic carbocycles. The van der Waals surface area contributed by atoms with Crippen LogP contribution in [0, 0.1) is 0 Å². The Bertz CT molecular complexity index is 1060. The van der Waals surface area contributed by atoms with Crippen molar-refractivity contribution < 1.29 is 22.6 Å². The van der Waals surface area contributed by atoms with Gasteiger partial charge in [-0.2, -0.15) is 0 Å². The van der Waals surface area contributed by atoms with Gasteiger partial charge in [-0.1, -0.05) is 0 Å². The summed E-state index contributed by atoms with van der Waals surface area (Å²) >= 11 is 0. The number of aryl methyl sites for hydroxylation is 1. The zero-order valence-corrected chi connectivity index (χ0v) is 16.7. The Morgan fingerprint density at radius 1 is 0.926 bits per heavy atom. The van der Waals surface area contributed by atoms with Gasteiger partial charge in [0.1, 0.15) is 0 Å². The summed E-state index contributed by atoms with van der Waals surface area (Å²) in [6.07, 6.45) is 1.93.